The zero-order valence-corrected chi connectivity index (χ0v) is 15.2. The van der Waals surface area contributed by atoms with Crippen LogP contribution in [0.3, 0.4) is 0 Å². The van der Waals surface area contributed by atoms with E-state index in [1.54, 1.807) is 12.1 Å². The van der Waals surface area contributed by atoms with Gasteiger partial charge in [-0.1, -0.05) is 0 Å². The first-order chi connectivity index (χ1) is 13.4. The van der Waals surface area contributed by atoms with E-state index in [-0.39, 0.29) is 18.3 Å². The predicted octanol–water partition coefficient (Wildman–Crippen LogP) is 3.75. The van der Waals surface area contributed by atoms with Crippen molar-refractivity contribution >= 4 is 11.5 Å². The van der Waals surface area contributed by atoms with Crippen molar-refractivity contribution in [1.82, 2.24) is 4.98 Å². The summed E-state index contributed by atoms with van der Waals surface area (Å²) in [5.41, 5.74) is 2.14. The zero-order chi connectivity index (χ0) is 19.8. The summed E-state index contributed by atoms with van der Waals surface area (Å²) in [6.45, 7) is 3.76. The molecule has 8 heteroatoms. The molecule has 1 aliphatic rings. The van der Waals surface area contributed by atoms with Gasteiger partial charge < -0.3 is 13.9 Å². The van der Waals surface area contributed by atoms with Gasteiger partial charge in [-0.25, -0.2) is 4.98 Å². The number of rotatable bonds is 5. The van der Waals surface area contributed by atoms with Crippen LogP contribution in [-0.4, -0.2) is 22.5 Å². The van der Waals surface area contributed by atoms with Gasteiger partial charge in [-0.2, -0.15) is 0 Å². The number of carbonyl (C=O) groups is 1. The van der Waals surface area contributed by atoms with Crippen molar-refractivity contribution < 1.29 is 23.6 Å². The molecule has 0 atom stereocenters. The lowest BCUT2D eigenvalue weighted by Gasteiger charge is -2.09. The maximum atomic E-state index is 13.1. The third-order valence-corrected chi connectivity index (χ3v) is 4.60. The van der Waals surface area contributed by atoms with Gasteiger partial charge in [0, 0.05) is 23.3 Å². The Bertz CT molecular complexity index is 1070. The summed E-state index contributed by atoms with van der Waals surface area (Å²) in [6, 6.07) is 8.86. The molecule has 0 N–H and O–H groups in total. The Morgan fingerprint density at radius 3 is 2.43 bits per heavy atom. The molecule has 0 bridgehead atoms. The molecule has 0 radical (unpaired) electrons. The molecule has 28 heavy (non-hydrogen) atoms. The molecule has 0 saturated carbocycles. The first-order valence-corrected chi connectivity index (χ1v) is 8.57. The standard InChI is InChI=1S/C20H16N2O6/c1-11-12(2)28-19(21-11)8-14-7-17-18(27-10-26-17)9-16(14)20(23)13-3-5-15(6-4-13)22(24)25/h3-7,9H,8,10H2,1-2H3. The maximum absolute atomic E-state index is 13.1. The first-order valence-electron chi connectivity index (χ1n) is 8.57. The van der Waals surface area contributed by atoms with E-state index in [1.807, 2.05) is 13.8 Å². The SMILES string of the molecule is Cc1nc(Cc2cc3c(cc2C(=O)c2ccc([N+](=O)[O-])cc2)OCO3)oc1C. The van der Waals surface area contributed by atoms with Crippen LogP contribution >= 0.6 is 0 Å². The maximum Gasteiger partial charge on any atom is 0.269 e. The molecule has 3 aromatic rings. The van der Waals surface area contributed by atoms with Crippen LogP contribution in [0.5, 0.6) is 11.5 Å². The van der Waals surface area contributed by atoms with Crippen LogP contribution in [-0.2, 0) is 6.42 Å². The molecule has 4 rings (SSSR count). The third-order valence-electron chi connectivity index (χ3n) is 4.60. The molecular weight excluding hydrogens is 364 g/mol. The second-order valence-corrected chi connectivity index (χ2v) is 6.42. The number of nitro groups is 1. The third kappa shape index (κ3) is 3.20. The topological polar surface area (TPSA) is 105 Å². The van der Waals surface area contributed by atoms with E-state index in [9.17, 15) is 14.9 Å². The quantitative estimate of drug-likeness (QED) is 0.377. The summed E-state index contributed by atoms with van der Waals surface area (Å²) in [5, 5.41) is 10.8. The van der Waals surface area contributed by atoms with Crippen LogP contribution in [0, 0.1) is 24.0 Å². The van der Waals surface area contributed by atoms with Crippen molar-refractivity contribution in [3.63, 3.8) is 0 Å². The molecule has 0 saturated heterocycles. The number of nitrogens with zero attached hydrogens (tertiary/aromatic N) is 2. The summed E-state index contributed by atoms with van der Waals surface area (Å²) in [6.07, 6.45) is 0.305. The Morgan fingerprint density at radius 1 is 1.14 bits per heavy atom. The number of hydrogen-bond donors (Lipinski definition) is 0. The van der Waals surface area contributed by atoms with E-state index in [4.69, 9.17) is 13.9 Å². The lowest BCUT2D eigenvalue weighted by molar-refractivity contribution is -0.384. The van der Waals surface area contributed by atoms with E-state index in [0.717, 1.165) is 11.5 Å². The van der Waals surface area contributed by atoms with Crippen LogP contribution in [0.25, 0.3) is 0 Å². The lowest BCUT2D eigenvalue weighted by atomic mass is 9.95. The Labute approximate surface area is 159 Å². The normalized spacial score (nSPS) is 12.2. The van der Waals surface area contributed by atoms with Crippen LogP contribution in [0.2, 0.25) is 0 Å². The van der Waals surface area contributed by atoms with Crippen molar-refractivity contribution in [3.8, 4) is 11.5 Å². The van der Waals surface area contributed by atoms with Crippen LogP contribution < -0.4 is 9.47 Å². The summed E-state index contributed by atoms with van der Waals surface area (Å²) in [5.74, 6) is 1.97. The number of ether oxygens (including phenoxy) is 2. The van der Waals surface area contributed by atoms with Gasteiger partial charge in [0.1, 0.15) is 5.76 Å². The second-order valence-electron chi connectivity index (χ2n) is 6.42. The van der Waals surface area contributed by atoms with Crippen molar-refractivity contribution in [2.75, 3.05) is 6.79 Å². The molecule has 0 aliphatic carbocycles. The Morgan fingerprint density at radius 2 is 1.82 bits per heavy atom. The molecule has 8 nitrogen and oxygen atoms in total. The number of hydrogen-bond acceptors (Lipinski definition) is 7. The fraction of sp³-hybridized carbons (Fsp3) is 0.200. The van der Waals surface area contributed by atoms with Crippen LogP contribution in [0.1, 0.15) is 38.8 Å². The van der Waals surface area contributed by atoms with Gasteiger partial charge in [0.25, 0.3) is 5.69 Å². The van der Waals surface area contributed by atoms with Crippen molar-refractivity contribution in [2.24, 2.45) is 0 Å². The number of non-ortho nitro benzene ring substituents is 1. The van der Waals surface area contributed by atoms with Gasteiger partial charge in [-0.15, -0.1) is 0 Å². The highest BCUT2D eigenvalue weighted by atomic mass is 16.7. The zero-order valence-electron chi connectivity index (χ0n) is 15.2. The van der Waals surface area contributed by atoms with Gasteiger partial charge in [0.15, 0.2) is 23.2 Å². The molecule has 1 aliphatic heterocycles. The average molecular weight is 380 g/mol. The number of aromatic nitrogens is 1. The van der Waals surface area contributed by atoms with Gasteiger partial charge in [-0.05, 0) is 43.7 Å². The molecule has 142 valence electrons. The minimum atomic E-state index is -0.506. The predicted molar refractivity (Wildman–Crippen MR) is 97.9 cm³/mol. The average Bonchev–Trinajstić information content (AvgIpc) is 3.26. The highest BCUT2D eigenvalue weighted by molar-refractivity contribution is 6.10. The number of benzene rings is 2. The molecule has 0 fully saturated rings. The second kappa shape index (κ2) is 6.80. The van der Waals surface area contributed by atoms with Gasteiger partial charge >= 0.3 is 0 Å². The molecule has 0 spiro atoms. The van der Waals surface area contributed by atoms with Gasteiger partial charge in [0.2, 0.25) is 6.79 Å². The van der Waals surface area contributed by atoms with Crippen LogP contribution in [0.15, 0.2) is 40.8 Å². The highest BCUT2D eigenvalue weighted by Crippen LogP contribution is 2.36. The number of carbonyl (C=O) groups excluding carboxylic acids is 1. The number of nitro benzene ring substituents is 1. The summed E-state index contributed by atoms with van der Waals surface area (Å²) in [7, 11) is 0. The van der Waals surface area contributed by atoms with Crippen molar-refractivity contribution in [3.05, 3.63) is 80.5 Å². The molecule has 2 aromatic carbocycles. The fourth-order valence-corrected chi connectivity index (χ4v) is 3.01. The molecule has 0 unspecified atom stereocenters. The smallest absolute Gasteiger partial charge is 0.269 e. The molecule has 2 heterocycles. The van der Waals surface area contributed by atoms with Crippen molar-refractivity contribution in [2.45, 2.75) is 20.3 Å². The van der Waals surface area contributed by atoms with Gasteiger partial charge in [-0.3, -0.25) is 14.9 Å². The van der Waals surface area contributed by atoms with Crippen LogP contribution in [0.4, 0.5) is 5.69 Å². The van der Waals surface area contributed by atoms with Gasteiger partial charge in [0.05, 0.1) is 17.0 Å². The monoisotopic (exact) mass is 380 g/mol. The number of oxazole rings is 1. The highest BCUT2D eigenvalue weighted by Gasteiger charge is 2.23. The van der Waals surface area contributed by atoms with E-state index >= 15 is 0 Å². The van der Waals surface area contributed by atoms with E-state index in [2.05, 4.69) is 4.98 Å². The minimum Gasteiger partial charge on any atom is -0.454 e. The molecule has 0 amide bonds. The molecular formula is C20H16N2O6. The van der Waals surface area contributed by atoms with E-state index < -0.39 is 4.92 Å². The number of fused-ring (bicyclic) bond motifs is 1. The number of ketones is 1. The van der Waals surface area contributed by atoms with Crippen molar-refractivity contribution in [1.29, 1.82) is 0 Å². The summed E-state index contributed by atoms with van der Waals surface area (Å²) in [4.78, 5) is 27.8. The van der Waals surface area contributed by atoms with E-state index in [0.29, 0.717) is 40.5 Å². The Kier molecular flexibility index (Phi) is 4.31. The minimum absolute atomic E-state index is 0.0757. The Hall–Kier alpha value is -3.68. The first kappa shape index (κ1) is 17.7. The number of aryl methyl sites for hydroxylation is 2. The lowest BCUT2D eigenvalue weighted by Crippen LogP contribution is -2.07. The summed E-state index contributed by atoms with van der Waals surface area (Å²) < 4.78 is 16.5. The fourth-order valence-electron chi connectivity index (χ4n) is 3.01. The van der Waals surface area contributed by atoms with E-state index in [1.165, 1.54) is 24.3 Å². The Balaban J connectivity index is 1.74. The summed E-state index contributed by atoms with van der Waals surface area (Å²) >= 11 is 0. The molecule has 1 aromatic heterocycles. The largest absolute Gasteiger partial charge is 0.454 e.